The Morgan fingerprint density at radius 1 is 0.548 bits per heavy atom. The topological polar surface area (TPSA) is 74.6 Å². The molecular formula is C27H54O4. The lowest BCUT2D eigenvalue weighted by Crippen LogP contribution is -2.12. The molecule has 4 heteroatoms. The van der Waals surface area contributed by atoms with Gasteiger partial charge in [0.2, 0.25) is 0 Å². The van der Waals surface area contributed by atoms with E-state index < -0.39 is 11.9 Å². The number of hydrogen-bond acceptors (Lipinski definition) is 2. The molecule has 0 aromatic carbocycles. The van der Waals surface area contributed by atoms with E-state index in [0.29, 0.717) is 6.42 Å². The Kier molecular flexibility index (Phi) is 28.0. The molecular weight excluding hydrogens is 388 g/mol. The fourth-order valence-corrected chi connectivity index (χ4v) is 3.79. The standard InChI is InChI=1S/C16H32O2.C11H22O2/c1-3-5-6-7-8-9-10-11-12-13-14-15(4-2)16(17)18;1-2-3-4-5-6-7-8-9-10-11(12)13/h15H,3-14H2,1-2H3,(H,17,18);2-10H2,1H3,(H,12,13). The maximum Gasteiger partial charge on any atom is 0.306 e. The number of rotatable bonds is 22. The molecule has 0 heterocycles. The normalized spacial score (nSPS) is 11.6. The summed E-state index contributed by atoms with van der Waals surface area (Å²) >= 11 is 0. The van der Waals surface area contributed by atoms with E-state index in [2.05, 4.69) is 13.8 Å². The fraction of sp³-hybridized carbons (Fsp3) is 0.926. The average Bonchev–Trinajstić information content (AvgIpc) is 2.74. The highest BCUT2D eigenvalue weighted by Crippen LogP contribution is 2.16. The fourth-order valence-electron chi connectivity index (χ4n) is 3.79. The van der Waals surface area contributed by atoms with Gasteiger partial charge in [0.15, 0.2) is 0 Å². The monoisotopic (exact) mass is 442 g/mol. The van der Waals surface area contributed by atoms with Crippen molar-refractivity contribution in [2.75, 3.05) is 0 Å². The molecule has 0 radical (unpaired) electrons. The van der Waals surface area contributed by atoms with Gasteiger partial charge in [-0.2, -0.15) is 0 Å². The third kappa shape index (κ3) is 28.9. The lowest BCUT2D eigenvalue weighted by molar-refractivity contribution is -0.142. The second-order valence-corrected chi connectivity index (χ2v) is 9.03. The number of carbonyl (C=O) groups is 2. The van der Waals surface area contributed by atoms with Crippen LogP contribution in [0.25, 0.3) is 0 Å². The van der Waals surface area contributed by atoms with Gasteiger partial charge in [0.25, 0.3) is 0 Å². The third-order valence-corrected chi connectivity index (χ3v) is 5.99. The van der Waals surface area contributed by atoms with Crippen LogP contribution >= 0.6 is 0 Å². The van der Waals surface area contributed by atoms with Gasteiger partial charge in [-0.05, 0) is 19.3 Å². The molecule has 0 aromatic heterocycles. The molecule has 0 aliphatic carbocycles. The van der Waals surface area contributed by atoms with Gasteiger partial charge in [-0.1, -0.05) is 130 Å². The van der Waals surface area contributed by atoms with Gasteiger partial charge in [0.05, 0.1) is 5.92 Å². The number of carboxylic acid groups (broad SMARTS) is 2. The van der Waals surface area contributed by atoms with E-state index in [1.54, 1.807) is 0 Å². The molecule has 0 saturated carbocycles. The summed E-state index contributed by atoms with van der Waals surface area (Å²) in [7, 11) is 0. The van der Waals surface area contributed by atoms with Crippen molar-refractivity contribution in [1.82, 2.24) is 0 Å². The molecule has 186 valence electrons. The molecule has 0 spiro atoms. The van der Waals surface area contributed by atoms with Crippen molar-refractivity contribution in [1.29, 1.82) is 0 Å². The first-order chi connectivity index (χ1) is 15.0. The van der Waals surface area contributed by atoms with E-state index in [1.807, 2.05) is 6.92 Å². The molecule has 0 fully saturated rings. The summed E-state index contributed by atoms with van der Waals surface area (Å²) in [6.45, 7) is 6.43. The molecule has 0 aliphatic heterocycles. The Morgan fingerprint density at radius 3 is 1.23 bits per heavy atom. The van der Waals surface area contributed by atoms with Gasteiger partial charge in [-0.3, -0.25) is 9.59 Å². The quantitative estimate of drug-likeness (QED) is 0.164. The first kappa shape index (κ1) is 32.1. The van der Waals surface area contributed by atoms with Crippen molar-refractivity contribution in [3.8, 4) is 0 Å². The minimum absolute atomic E-state index is 0.112. The summed E-state index contributed by atoms with van der Waals surface area (Å²) < 4.78 is 0. The minimum Gasteiger partial charge on any atom is -0.481 e. The molecule has 0 aromatic rings. The predicted molar refractivity (Wildman–Crippen MR) is 133 cm³/mol. The largest absolute Gasteiger partial charge is 0.481 e. The van der Waals surface area contributed by atoms with Crippen LogP contribution in [-0.4, -0.2) is 22.2 Å². The van der Waals surface area contributed by atoms with E-state index in [1.165, 1.54) is 96.3 Å². The molecule has 0 amide bonds. The Labute approximate surface area is 193 Å². The molecule has 1 unspecified atom stereocenters. The molecule has 2 N–H and O–H groups in total. The summed E-state index contributed by atoms with van der Waals surface area (Å²) in [5, 5.41) is 17.3. The lowest BCUT2D eigenvalue weighted by Gasteiger charge is -2.08. The highest BCUT2D eigenvalue weighted by Gasteiger charge is 2.13. The molecule has 31 heavy (non-hydrogen) atoms. The number of unbranched alkanes of at least 4 members (excludes halogenated alkanes) is 16. The summed E-state index contributed by atoms with van der Waals surface area (Å²) in [5.41, 5.74) is 0. The Hall–Kier alpha value is -1.06. The first-order valence-electron chi connectivity index (χ1n) is 13.4. The second kappa shape index (κ2) is 27.0. The average molecular weight is 443 g/mol. The summed E-state index contributed by atoms with van der Waals surface area (Å²) in [4.78, 5) is 21.0. The van der Waals surface area contributed by atoms with Crippen LogP contribution in [0.1, 0.15) is 156 Å². The van der Waals surface area contributed by atoms with E-state index >= 15 is 0 Å². The van der Waals surface area contributed by atoms with Crippen LogP contribution < -0.4 is 0 Å². The van der Waals surface area contributed by atoms with Gasteiger partial charge >= 0.3 is 11.9 Å². The molecule has 0 aliphatic rings. The second-order valence-electron chi connectivity index (χ2n) is 9.03. The molecule has 4 nitrogen and oxygen atoms in total. The van der Waals surface area contributed by atoms with Crippen molar-refractivity contribution in [2.24, 2.45) is 5.92 Å². The van der Waals surface area contributed by atoms with Crippen LogP contribution in [0.15, 0.2) is 0 Å². The highest BCUT2D eigenvalue weighted by atomic mass is 16.4. The van der Waals surface area contributed by atoms with Gasteiger partial charge in [0, 0.05) is 6.42 Å². The first-order valence-corrected chi connectivity index (χ1v) is 13.4. The predicted octanol–water partition coefficient (Wildman–Crippen LogP) is 9.01. The van der Waals surface area contributed by atoms with Crippen LogP contribution in [0.2, 0.25) is 0 Å². The van der Waals surface area contributed by atoms with Gasteiger partial charge in [-0.15, -0.1) is 0 Å². The zero-order valence-corrected chi connectivity index (χ0v) is 21.1. The SMILES string of the molecule is CCCCCCCCCCC(=O)O.CCCCCCCCCCCCC(CC)C(=O)O. The van der Waals surface area contributed by atoms with Crippen molar-refractivity contribution in [2.45, 2.75) is 156 Å². The zero-order chi connectivity index (χ0) is 23.6. The highest BCUT2D eigenvalue weighted by molar-refractivity contribution is 5.69. The van der Waals surface area contributed by atoms with E-state index in [9.17, 15) is 9.59 Å². The van der Waals surface area contributed by atoms with Crippen molar-refractivity contribution in [3.05, 3.63) is 0 Å². The number of aliphatic carboxylic acids is 2. The smallest absolute Gasteiger partial charge is 0.306 e. The molecule has 0 saturated heterocycles. The van der Waals surface area contributed by atoms with E-state index in [4.69, 9.17) is 10.2 Å². The van der Waals surface area contributed by atoms with Crippen molar-refractivity contribution >= 4 is 11.9 Å². The minimum atomic E-state index is -0.661. The summed E-state index contributed by atoms with van der Waals surface area (Å²) in [6, 6.07) is 0. The van der Waals surface area contributed by atoms with Gasteiger partial charge < -0.3 is 10.2 Å². The Balaban J connectivity index is 0. The van der Waals surface area contributed by atoms with Crippen molar-refractivity contribution < 1.29 is 19.8 Å². The van der Waals surface area contributed by atoms with Crippen LogP contribution in [0, 0.1) is 5.92 Å². The van der Waals surface area contributed by atoms with Crippen LogP contribution in [0.3, 0.4) is 0 Å². The van der Waals surface area contributed by atoms with E-state index in [0.717, 1.165) is 32.1 Å². The molecule has 1 atom stereocenters. The summed E-state index contributed by atoms with van der Waals surface area (Å²) in [6.07, 6.45) is 24.8. The zero-order valence-electron chi connectivity index (χ0n) is 21.1. The summed E-state index contributed by atoms with van der Waals surface area (Å²) in [5.74, 6) is -1.39. The number of hydrogen-bond donors (Lipinski definition) is 2. The van der Waals surface area contributed by atoms with Crippen LogP contribution in [-0.2, 0) is 9.59 Å². The Bertz CT molecular complexity index is 381. The lowest BCUT2D eigenvalue weighted by atomic mass is 9.98. The Morgan fingerprint density at radius 2 is 0.903 bits per heavy atom. The van der Waals surface area contributed by atoms with Gasteiger partial charge in [0.1, 0.15) is 0 Å². The maximum atomic E-state index is 10.8. The van der Waals surface area contributed by atoms with E-state index in [-0.39, 0.29) is 5.92 Å². The van der Waals surface area contributed by atoms with Gasteiger partial charge in [-0.25, -0.2) is 0 Å². The molecule has 0 bridgehead atoms. The van der Waals surface area contributed by atoms with Crippen molar-refractivity contribution in [3.63, 3.8) is 0 Å². The number of carboxylic acids is 2. The van der Waals surface area contributed by atoms with Crippen LogP contribution in [0.5, 0.6) is 0 Å². The molecule has 0 rings (SSSR count). The maximum absolute atomic E-state index is 10.8. The van der Waals surface area contributed by atoms with Crippen LogP contribution in [0.4, 0.5) is 0 Å². The third-order valence-electron chi connectivity index (χ3n) is 5.99.